The number of aromatic nitrogens is 1. The summed E-state index contributed by atoms with van der Waals surface area (Å²) in [4.78, 5) is 32.3. The number of hydrogen-bond acceptors (Lipinski definition) is 4. The minimum atomic E-state index is -0.606. The average molecular weight is 338 g/mol. The number of benzene rings is 1. The maximum Gasteiger partial charge on any atom is 0.254 e. The lowest BCUT2D eigenvalue weighted by Gasteiger charge is -2.40. The van der Waals surface area contributed by atoms with Crippen molar-refractivity contribution in [2.24, 2.45) is 5.73 Å². The van der Waals surface area contributed by atoms with Crippen molar-refractivity contribution in [3.8, 4) is 0 Å². The van der Waals surface area contributed by atoms with Gasteiger partial charge in [-0.25, -0.2) is 0 Å². The van der Waals surface area contributed by atoms with Crippen molar-refractivity contribution in [3.05, 3.63) is 66.0 Å². The summed E-state index contributed by atoms with van der Waals surface area (Å²) in [5, 5.41) is 0. The zero-order chi connectivity index (χ0) is 17.6. The maximum absolute atomic E-state index is 12.7. The Balaban J connectivity index is 1.64. The number of rotatable bonds is 5. The quantitative estimate of drug-likeness (QED) is 0.880. The van der Waals surface area contributed by atoms with Crippen molar-refractivity contribution < 1.29 is 9.59 Å². The number of pyridine rings is 1. The third-order valence-electron chi connectivity index (χ3n) is 4.54. The van der Waals surface area contributed by atoms with Crippen LogP contribution >= 0.6 is 0 Å². The van der Waals surface area contributed by atoms with E-state index in [4.69, 9.17) is 5.73 Å². The molecule has 6 heteroatoms. The second-order valence-electron chi connectivity index (χ2n) is 6.19. The van der Waals surface area contributed by atoms with Gasteiger partial charge in [0.2, 0.25) is 5.91 Å². The van der Waals surface area contributed by atoms with Gasteiger partial charge < -0.3 is 10.6 Å². The zero-order valence-electron chi connectivity index (χ0n) is 14.0. The molecule has 130 valence electrons. The molecule has 0 bridgehead atoms. The van der Waals surface area contributed by atoms with Gasteiger partial charge in [-0.2, -0.15) is 0 Å². The van der Waals surface area contributed by atoms with Crippen LogP contribution in [0.4, 0.5) is 0 Å². The molecule has 0 saturated carbocycles. The number of amides is 2. The van der Waals surface area contributed by atoms with Crippen LogP contribution in [0.2, 0.25) is 0 Å². The highest BCUT2D eigenvalue weighted by molar-refractivity contribution is 5.97. The Morgan fingerprint density at radius 2 is 1.80 bits per heavy atom. The predicted molar refractivity (Wildman–Crippen MR) is 94.8 cm³/mol. The van der Waals surface area contributed by atoms with E-state index in [0.29, 0.717) is 18.7 Å². The van der Waals surface area contributed by atoms with E-state index in [1.165, 1.54) is 5.56 Å². The third kappa shape index (κ3) is 4.22. The SMILES string of the molecule is NC(=O)C1CN(CCc2ccccc2)CCN1C(=O)c1ccncc1. The van der Waals surface area contributed by atoms with Crippen molar-refractivity contribution in [1.29, 1.82) is 0 Å². The largest absolute Gasteiger partial charge is 0.368 e. The molecule has 1 aromatic carbocycles. The van der Waals surface area contributed by atoms with E-state index in [0.717, 1.165) is 19.5 Å². The molecule has 1 aliphatic rings. The zero-order valence-corrected chi connectivity index (χ0v) is 14.0. The number of carbonyl (C=O) groups is 2. The van der Waals surface area contributed by atoms with E-state index in [1.807, 2.05) is 18.2 Å². The summed E-state index contributed by atoms with van der Waals surface area (Å²) in [5.41, 5.74) is 7.36. The van der Waals surface area contributed by atoms with Crippen LogP contribution in [0.3, 0.4) is 0 Å². The molecular formula is C19H22N4O2. The second kappa shape index (κ2) is 7.90. The topological polar surface area (TPSA) is 79.5 Å². The minimum Gasteiger partial charge on any atom is -0.368 e. The molecule has 6 nitrogen and oxygen atoms in total. The molecule has 2 N–H and O–H groups in total. The van der Waals surface area contributed by atoms with E-state index >= 15 is 0 Å². The fourth-order valence-corrected chi connectivity index (χ4v) is 3.12. The molecule has 1 unspecified atom stereocenters. The first kappa shape index (κ1) is 17.1. The summed E-state index contributed by atoms with van der Waals surface area (Å²) in [5.74, 6) is -0.638. The van der Waals surface area contributed by atoms with Crippen molar-refractivity contribution in [2.75, 3.05) is 26.2 Å². The van der Waals surface area contributed by atoms with Gasteiger partial charge in [0, 0.05) is 44.1 Å². The number of carbonyl (C=O) groups excluding carboxylic acids is 2. The summed E-state index contributed by atoms with van der Waals surface area (Å²) >= 11 is 0. The smallest absolute Gasteiger partial charge is 0.254 e. The van der Waals surface area contributed by atoms with Crippen LogP contribution in [0.1, 0.15) is 15.9 Å². The van der Waals surface area contributed by atoms with Crippen molar-refractivity contribution in [1.82, 2.24) is 14.8 Å². The highest BCUT2D eigenvalue weighted by atomic mass is 16.2. The summed E-state index contributed by atoms with van der Waals surface area (Å²) < 4.78 is 0. The molecule has 2 aromatic rings. The van der Waals surface area contributed by atoms with Crippen LogP contribution in [-0.4, -0.2) is 58.8 Å². The molecule has 1 atom stereocenters. The van der Waals surface area contributed by atoms with Crippen LogP contribution < -0.4 is 5.73 Å². The van der Waals surface area contributed by atoms with Gasteiger partial charge in [-0.15, -0.1) is 0 Å². The van der Waals surface area contributed by atoms with Gasteiger partial charge in [-0.1, -0.05) is 30.3 Å². The van der Waals surface area contributed by atoms with Gasteiger partial charge in [0.15, 0.2) is 0 Å². The lowest BCUT2D eigenvalue weighted by molar-refractivity contribution is -0.124. The van der Waals surface area contributed by atoms with Gasteiger partial charge in [0.25, 0.3) is 5.91 Å². The Labute approximate surface area is 147 Å². The number of piperazine rings is 1. The maximum atomic E-state index is 12.7. The average Bonchev–Trinajstić information content (AvgIpc) is 2.67. The van der Waals surface area contributed by atoms with Gasteiger partial charge in [-0.3, -0.25) is 19.5 Å². The molecule has 0 spiro atoms. The molecule has 3 rings (SSSR count). The Hall–Kier alpha value is -2.73. The van der Waals surface area contributed by atoms with Crippen LogP contribution in [0.5, 0.6) is 0 Å². The third-order valence-corrected chi connectivity index (χ3v) is 4.54. The molecule has 25 heavy (non-hydrogen) atoms. The number of nitrogens with zero attached hydrogens (tertiary/aromatic N) is 3. The Bertz CT molecular complexity index is 721. The lowest BCUT2D eigenvalue weighted by Crippen LogP contribution is -2.60. The fourth-order valence-electron chi connectivity index (χ4n) is 3.12. The summed E-state index contributed by atoms with van der Waals surface area (Å²) in [6.07, 6.45) is 4.05. The monoisotopic (exact) mass is 338 g/mol. The molecule has 2 heterocycles. The Kier molecular flexibility index (Phi) is 5.40. The standard InChI is InChI=1S/C19H22N4O2/c20-18(24)17-14-22(11-8-15-4-2-1-3-5-15)12-13-23(17)19(25)16-6-9-21-10-7-16/h1-7,9-10,17H,8,11-14H2,(H2,20,24). The minimum absolute atomic E-state index is 0.172. The molecule has 1 saturated heterocycles. The van der Waals surface area contributed by atoms with E-state index in [-0.39, 0.29) is 5.91 Å². The molecule has 0 radical (unpaired) electrons. The van der Waals surface area contributed by atoms with Crippen LogP contribution in [0.15, 0.2) is 54.9 Å². The van der Waals surface area contributed by atoms with Crippen molar-refractivity contribution in [3.63, 3.8) is 0 Å². The van der Waals surface area contributed by atoms with Gasteiger partial charge in [-0.05, 0) is 24.1 Å². The van der Waals surface area contributed by atoms with Gasteiger partial charge in [0.1, 0.15) is 6.04 Å². The number of nitrogens with two attached hydrogens (primary N) is 1. The van der Waals surface area contributed by atoms with Crippen molar-refractivity contribution >= 4 is 11.8 Å². The van der Waals surface area contributed by atoms with E-state index in [9.17, 15) is 9.59 Å². The van der Waals surface area contributed by atoms with Gasteiger partial charge >= 0.3 is 0 Å². The highest BCUT2D eigenvalue weighted by Gasteiger charge is 2.34. The summed E-state index contributed by atoms with van der Waals surface area (Å²) in [6.45, 7) is 2.53. The van der Waals surface area contributed by atoms with Gasteiger partial charge in [0.05, 0.1) is 0 Å². The van der Waals surface area contributed by atoms with E-state index in [1.54, 1.807) is 29.4 Å². The molecule has 2 amide bonds. The number of hydrogen-bond donors (Lipinski definition) is 1. The van der Waals surface area contributed by atoms with Crippen LogP contribution in [0.25, 0.3) is 0 Å². The van der Waals surface area contributed by atoms with Crippen LogP contribution in [-0.2, 0) is 11.2 Å². The first-order valence-corrected chi connectivity index (χ1v) is 8.42. The second-order valence-corrected chi connectivity index (χ2v) is 6.19. The Morgan fingerprint density at radius 3 is 2.48 bits per heavy atom. The molecule has 1 aromatic heterocycles. The first-order chi connectivity index (χ1) is 12.1. The number of primary amides is 1. The normalized spacial score (nSPS) is 18.1. The van der Waals surface area contributed by atoms with E-state index in [2.05, 4.69) is 22.0 Å². The van der Waals surface area contributed by atoms with Crippen LogP contribution in [0, 0.1) is 0 Å². The lowest BCUT2D eigenvalue weighted by atomic mass is 10.1. The first-order valence-electron chi connectivity index (χ1n) is 8.42. The summed E-state index contributed by atoms with van der Waals surface area (Å²) in [7, 11) is 0. The summed E-state index contributed by atoms with van der Waals surface area (Å²) in [6, 6.07) is 12.9. The molecule has 1 aliphatic heterocycles. The highest BCUT2D eigenvalue weighted by Crippen LogP contribution is 2.15. The fraction of sp³-hybridized carbons (Fsp3) is 0.316. The van der Waals surface area contributed by atoms with E-state index < -0.39 is 11.9 Å². The predicted octanol–water partition coefficient (Wildman–Crippen LogP) is 0.936. The van der Waals surface area contributed by atoms with Crippen molar-refractivity contribution in [2.45, 2.75) is 12.5 Å². The Morgan fingerprint density at radius 1 is 1.08 bits per heavy atom. The molecular weight excluding hydrogens is 316 g/mol. The molecule has 0 aliphatic carbocycles. The molecule has 1 fully saturated rings.